The molecule has 1 unspecified atom stereocenters. The summed E-state index contributed by atoms with van der Waals surface area (Å²) in [6.45, 7) is 1.51. The van der Waals surface area contributed by atoms with Gasteiger partial charge in [-0.3, -0.25) is 9.59 Å². The first-order valence-electron chi connectivity index (χ1n) is 9.74. The number of carbonyl (C=O) groups excluding carboxylic acids is 2. The summed E-state index contributed by atoms with van der Waals surface area (Å²) in [6, 6.07) is 6.77. The fourth-order valence-electron chi connectivity index (χ4n) is 3.42. The Bertz CT molecular complexity index is 1060. The van der Waals surface area contributed by atoms with Crippen molar-refractivity contribution in [1.29, 1.82) is 0 Å². The molecule has 174 valence electrons. The molecule has 1 aliphatic rings. The quantitative estimate of drug-likeness (QED) is 0.676. The molecule has 32 heavy (non-hydrogen) atoms. The van der Waals surface area contributed by atoms with Crippen molar-refractivity contribution < 1.29 is 31.2 Å². The molecule has 2 aromatic rings. The number of halogens is 3. The van der Waals surface area contributed by atoms with Crippen LogP contribution in [-0.2, 0) is 25.8 Å². The predicted molar refractivity (Wildman–Crippen MR) is 112 cm³/mol. The number of rotatable bonds is 6. The van der Waals surface area contributed by atoms with Gasteiger partial charge in [0.15, 0.2) is 0 Å². The summed E-state index contributed by atoms with van der Waals surface area (Å²) >= 11 is 1.41. The van der Waals surface area contributed by atoms with Crippen molar-refractivity contribution in [1.82, 2.24) is 14.5 Å². The third-order valence-electron chi connectivity index (χ3n) is 5.03. The number of nitrogens with one attached hydrogen (secondary N) is 1. The van der Waals surface area contributed by atoms with E-state index in [-0.39, 0.29) is 44.4 Å². The lowest BCUT2D eigenvalue weighted by Gasteiger charge is -2.34. The van der Waals surface area contributed by atoms with E-state index in [0.29, 0.717) is 6.07 Å². The Hall–Kier alpha value is -2.44. The summed E-state index contributed by atoms with van der Waals surface area (Å²) in [4.78, 5) is 26.2. The maximum Gasteiger partial charge on any atom is 0.416 e. The number of piperazine rings is 1. The molecule has 1 atom stereocenters. The molecule has 0 bridgehead atoms. The van der Waals surface area contributed by atoms with Crippen LogP contribution in [0.25, 0.3) is 0 Å². The normalized spacial score (nSPS) is 16.6. The minimum atomic E-state index is -4.65. The Morgan fingerprint density at radius 2 is 1.81 bits per heavy atom. The van der Waals surface area contributed by atoms with E-state index in [1.165, 1.54) is 23.2 Å². The molecule has 1 saturated heterocycles. The first kappa shape index (κ1) is 24.2. The van der Waals surface area contributed by atoms with Crippen LogP contribution in [0.2, 0.25) is 0 Å². The SMILES string of the molecule is CC(=O)NC(CC(=O)N1CCN(S(=O)(=O)c2cccc(C(F)(F)F)c2)CC1)c1cccs1. The van der Waals surface area contributed by atoms with Crippen LogP contribution in [0, 0.1) is 0 Å². The number of sulfonamides is 1. The Morgan fingerprint density at radius 1 is 1.12 bits per heavy atom. The molecule has 2 heterocycles. The van der Waals surface area contributed by atoms with Crippen LogP contribution in [0.15, 0.2) is 46.7 Å². The van der Waals surface area contributed by atoms with Crippen molar-refractivity contribution in [2.75, 3.05) is 26.2 Å². The number of hydrogen-bond donors (Lipinski definition) is 1. The molecule has 3 rings (SSSR count). The zero-order valence-corrected chi connectivity index (χ0v) is 18.8. The maximum absolute atomic E-state index is 12.9. The number of carbonyl (C=O) groups is 2. The van der Waals surface area contributed by atoms with E-state index in [4.69, 9.17) is 0 Å². The van der Waals surface area contributed by atoms with Crippen LogP contribution in [0.5, 0.6) is 0 Å². The molecule has 0 aliphatic carbocycles. The van der Waals surface area contributed by atoms with Crippen molar-refractivity contribution in [3.63, 3.8) is 0 Å². The lowest BCUT2D eigenvalue weighted by Crippen LogP contribution is -2.51. The summed E-state index contributed by atoms with van der Waals surface area (Å²) in [5.74, 6) is -0.513. The molecule has 1 fully saturated rings. The summed E-state index contributed by atoms with van der Waals surface area (Å²) in [5, 5.41) is 4.59. The highest BCUT2D eigenvalue weighted by Crippen LogP contribution is 2.31. The van der Waals surface area contributed by atoms with Crippen molar-refractivity contribution in [3.05, 3.63) is 52.2 Å². The maximum atomic E-state index is 12.9. The zero-order valence-electron chi connectivity index (χ0n) is 17.1. The summed E-state index contributed by atoms with van der Waals surface area (Å²) in [5.41, 5.74) is -1.04. The van der Waals surface area contributed by atoms with Gasteiger partial charge >= 0.3 is 6.18 Å². The van der Waals surface area contributed by atoms with Crippen LogP contribution in [-0.4, -0.2) is 55.6 Å². The number of hydrogen-bond acceptors (Lipinski definition) is 5. The molecule has 1 aromatic heterocycles. The lowest BCUT2D eigenvalue weighted by atomic mass is 10.1. The van der Waals surface area contributed by atoms with Gasteiger partial charge < -0.3 is 10.2 Å². The van der Waals surface area contributed by atoms with E-state index >= 15 is 0 Å². The van der Waals surface area contributed by atoms with Crippen LogP contribution in [0.4, 0.5) is 13.2 Å². The Labute approximate surface area is 187 Å². The van der Waals surface area contributed by atoms with Crippen LogP contribution >= 0.6 is 11.3 Å². The van der Waals surface area contributed by atoms with Gasteiger partial charge in [0.05, 0.1) is 22.9 Å². The molecule has 1 aromatic carbocycles. The van der Waals surface area contributed by atoms with E-state index in [2.05, 4.69) is 5.32 Å². The average Bonchev–Trinajstić information content (AvgIpc) is 3.27. The largest absolute Gasteiger partial charge is 0.416 e. The van der Waals surface area contributed by atoms with Gasteiger partial charge in [-0.05, 0) is 29.6 Å². The van der Waals surface area contributed by atoms with E-state index in [1.54, 1.807) is 0 Å². The molecule has 0 spiro atoms. The Kier molecular flexibility index (Phi) is 7.25. The number of thiophene rings is 1. The smallest absolute Gasteiger partial charge is 0.348 e. The minimum Gasteiger partial charge on any atom is -0.348 e. The second-order valence-electron chi connectivity index (χ2n) is 7.28. The second-order valence-corrected chi connectivity index (χ2v) is 10.2. The Balaban J connectivity index is 1.65. The van der Waals surface area contributed by atoms with Gasteiger partial charge in [-0.2, -0.15) is 17.5 Å². The topological polar surface area (TPSA) is 86.8 Å². The highest BCUT2D eigenvalue weighted by atomic mass is 32.2. The van der Waals surface area contributed by atoms with Crippen molar-refractivity contribution in [3.8, 4) is 0 Å². The molecule has 1 aliphatic heterocycles. The standard InChI is InChI=1S/C20H22F3N3O4S2/c1-14(27)24-17(18-6-3-11-31-18)13-19(28)25-7-9-26(10-8-25)32(29,30)16-5-2-4-15(12-16)20(21,22)23/h2-6,11-12,17H,7-10,13H2,1H3,(H,24,27). The van der Waals surface area contributed by atoms with Crippen LogP contribution in [0.1, 0.15) is 29.8 Å². The highest BCUT2D eigenvalue weighted by Gasteiger charge is 2.34. The van der Waals surface area contributed by atoms with E-state index in [0.717, 1.165) is 27.4 Å². The fraction of sp³-hybridized carbons (Fsp3) is 0.400. The third kappa shape index (κ3) is 5.67. The van der Waals surface area contributed by atoms with Gasteiger partial charge in [-0.1, -0.05) is 12.1 Å². The molecule has 1 N–H and O–H groups in total. The number of amides is 2. The van der Waals surface area contributed by atoms with E-state index in [9.17, 15) is 31.2 Å². The van der Waals surface area contributed by atoms with Crippen molar-refractivity contribution in [2.24, 2.45) is 0 Å². The molecular formula is C20H22F3N3O4S2. The van der Waals surface area contributed by atoms with Gasteiger partial charge in [0, 0.05) is 38.0 Å². The monoisotopic (exact) mass is 489 g/mol. The van der Waals surface area contributed by atoms with Gasteiger partial charge in [0.1, 0.15) is 0 Å². The Morgan fingerprint density at radius 3 is 2.38 bits per heavy atom. The lowest BCUT2D eigenvalue weighted by molar-refractivity contribution is -0.138. The summed E-state index contributed by atoms with van der Waals surface area (Å²) in [6.07, 6.45) is -4.62. The first-order chi connectivity index (χ1) is 15.0. The second kappa shape index (κ2) is 9.59. The summed E-state index contributed by atoms with van der Waals surface area (Å²) < 4.78 is 65.5. The molecule has 12 heteroatoms. The van der Waals surface area contributed by atoms with Gasteiger partial charge in [0.25, 0.3) is 0 Å². The molecule has 7 nitrogen and oxygen atoms in total. The van der Waals surface area contributed by atoms with E-state index in [1.807, 2.05) is 17.5 Å². The molecular weight excluding hydrogens is 467 g/mol. The van der Waals surface area contributed by atoms with Crippen molar-refractivity contribution in [2.45, 2.75) is 30.5 Å². The average molecular weight is 490 g/mol. The molecule has 0 radical (unpaired) electrons. The first-order valence-corrected chi connectivity index (χ1v) is 12.1. The molecule has 0 saturated carbocycles. The van der Waals surface area contributed by atoms with Gasteiger partial charge in [0.2, 0.25) is 21.8 Å². The number of benzene rings is 1. The fourth-order valence-corrected chi connectivity index (χ4v) is 5.67. The highest BCUT2D eigenvalue weighted by molar-refractivity contribution is 7.89. The van der Waals surface area contributed by atoms with E-state index < -0.39 is 32.7 Å². The van der Waals surface area contributed by atoms with Crippen LogP contribution < -0.4 is 5.32 Å². The predicted octanol–water partition coefficient (Wildman–Crippen LogP) is 2.87. The number of alkyl halides is 3. The minimum absolute atomic E-state index is 0.0282. The van der Waals surface area contributed by atoms with Gasteiger partial charge in [-0.25, -0.2) is 8.42 Å². The number of nitrogens with zero attached hydrogens (tertiary/aromatic N) is 2. The zero-order chi connectivity index (χ0) is 23.5. The van der Waals surface area contributed by atoms with Crippen molar-refractivity contribution >= 4 is 33.2 Å². The third-order valence-corrected chi connectivity index (χ3v) is 7.91. The molecule has 2 amide bonds. The van der Waals surface area contributed by atoms with Gasteiger partial charge in [-0.15, -0.1) is 11.3 Å². The van der Waals surface area contributed by atoms with Crippen LogP contribution in [0.3, 0.4) is 0 Å². The summed E-state index contributed by atoms with van der Waals surface area (Å²) in [7, 11) is -4.13.